The maximum Gasteiger partial charge on any atom is 0.244 e. The summed E-state index contributed by atoms with van der Waals surface area (Å²) in [7, 11) is 4.61. The quantitative estimate of drug-likeness (QED) is 0.619. The molecule has 4 rings (SSSR count). The number of aromatic amines is 1. The lowest BCUT2D eigenvalue weighted by atomic mass is 9.82. The summed E-state index contributed by atoms with van der Waals surface area (Å²) in [5, 5.41) is 17.7. The van der Waals surface area contributed by atoms with Gasteiger partial charge in [0.05, 0.1) is 38.5 Å². The van der Waals surface area contributed by atoms with Crippen molar-refractivity contribution in [3.63, 3.8) is 0 Å². The maximum atomic E-state index is 9.94. The molecular weight excluding hydrogens is 420 g/mol. The van der Waals surface area contributed by atoms with Gasteiger partial charge in [0.1, 0.15) is 17.4 Å². The molecule has 0 bridgehead atoms. The predicted molar refractivity (Wildman–Crippen MR) is 114 cm³/mol. The molecule has 0 radical (unpaired) electrons. The van der Waals surface area contributed by atoms with Gasteiger partial charge in [0.25, 0.3) is 0 Å². The fraction of sp³-hybridized carbons (Fsp3) is 0.182. The largest absolute Gasteiger partial charge is 0.496 e. The van der Waals surface area contributed by atoms with Crippen LogP contribution in [0.1, 0.15) is 17.0 Å². The summed E-state index contributed by atoms with van der Waals surface area (Å²) in [4.78, 5) is 0. The van der Waals surface area contributed by atoms with Crippen LogP contribution >= 0.6 is 11.6 Å². The van der Waals surface area contributed by atoms with E-state index in [9.17, 15) is 5.26 Å². The number of H-pyrrole nitrogens is 1. The highest BCUT2D eigenvalue weighted by Gasteiger charge is 2.38. The average Bonchev–Trinajstić information content (AvgIpc) is 3.20. The standard InChI is InChI=1S/C22H19ClN4O4/c1-28-15-9-17(30-3)16(29-2)8-12(15)18-13(10-24)21(25)31-22-19(18)20(26-27-22)11-6-4-5-7-14(11)23/h4-9,18H,25H2,1-3H3,(H,26,27). The third-order valence-corrected chi connectivity index (χ3v) is 5.46. The molecule has 0 amide bonds. The molecular formula is C22H19ClN4O4. The number of halogens is 1. The van der Waals surface area contributed by atoms with Crippen LogP contribution in [0.25, 0.3) is 11.3 Å². The van der Waals surface area contributed by atoms with E-state index >= 15 is 0 Å². The number of allylic oxidation sites excluding steroid dienone is 1. The molecule has 1 unspecified atom stereocenters. The zero-order valence-corrected chi connectivity index (χ0v) is 17.8. The number of rotatable bonds is 5. The maximum absolute atomic E-state index is 9.94. The first-order valence-corrected chi connectivity index (χ1v) is 9.62. The van der Waals surface area contributed by atoms with Crippen LogP contribution in [0.3, 0.4) is 0 Å². The molecule has 8 nitrogen and oxygen atoms in total. The Morgan fingerprint density at radius 3 is 2.42 bits per heavy atom. The molecule has 1 aliphatic heterocycles. The highest BCUT2D eigenvalue weighted by molar-refractivity contribution is 6.33. The second kappa shape index (κ2) is 8.13. The van der Waals surface area contributed by atoms with Crippen LogP contribution in [0.4, 0.5) is 0 Å². The second-order valence-electron chi connectivity index (χ2n) is 6.67. The van der Waals surface area contributed by atoms with E-state index in [2.05, 4.69) is 16.3 Å². The average molecular weight is 439 g/mol. The van der Waals surface area contributed by atoms with Gasteiger partial charge in [-0.1, -0.05) is 29.8 Å². The summed E-state index contributed by atoms with van der Waals surface area (Å²) in [5.41, 5.74) is 8.88. The van der Waals surface area contributed by atoms with Crippen molar-refractivity contribution in [3.05, 3.63) is 64.0 Å². The number of ether oxygens (including phenoxy) is 4. The van der Waals surface area contributed by atoms with Gasteiger partial charge in [0.15, 0.2) is 11.5 Å². The molecule has 0 saturated heterocycles. The summed E-state index contributed by atoms with van der Waals surface area (Å²) in [6.07, 6.45) is 0. The minimum atomic E-state index is -0.645. The summed E-state index contributed by atoms with van der Waals surface area (Å²) >= 11 is 6.45. The van der Waals surface area contributed by atoms with E-state index in [4.69, 9.17) is 36.3 Å². The lowest BCUT2D eigenvalue weighted by Gasteiger charge is -2.26. The highest BCUT2D eigenvalue weighted by Crippen LogP contribution is 2.50. The van der Waals surface area contributed by atoms with Crippen molar-refractivity contribution in [2.75, 3.05) is 21.3 Å². The number of benzene rings is 2. The molecule has 0 fully saturated rings. The number of fused-ring (bicyclic) bond motifs is 1. The van der Waals surface area contributed by atoms with Crippen molar-refractivity contribution in [1.29, 1.82) is 5.26 Å². The number of hydrogen-bond acceptors (Lipinski definition) is 7. The van der Waals surface area contributed by atoms with Gasteiger partial charge in [0.2, 0.25) is 11.8 Å². The van der Waals surface area contributed by atoms with Crippen LogP contribution in [0.5, 0.6) is 23.1 Å². The molecule has 0 saturated carbocycles. The van der Waals surface area contributed by atoms with Crippen LogP contribution in [0.15, 0.2) is 47.9 Å². The minimum absolute atomic E-state index is 0.0333. The van der Waals surface area contributed by atoms with Crippen LogP contribution < -0.4 is 24.7 Å². The first-order valence-electron chi connectivity index (χ1n) is 9.24. The Morgan fingerprint density at radius 1 is 1.10 bits per heavy atom. The molecule has 2 heterocycles. The SMILES string of the molecule is COc1cc(OC)c(C2C(C#N)=C(N)Oc3n[nH]c(-c4ccccc4Cl)c32)cc1OC. The van der Waals surface area contributed by atoms with Gasteiger partial charge in [-0.05, 0) is 12.1 Å². The summed E-state index contributed by atoms with van der Waals surface area (Å²) in [6.45, 7) is 0. The van der Waals surface area contributed by atoms with Gasteiger partial charge in [0, 0.05) is 22.2 Å². The summed E-state index contributed by atoms with van der Waals surface area (Å²) < 4.78 is 22.2. The lowest BCUT2D eigenvalue weighted by Crippen LogP contribution is -2.21. The Kier molecular flexibility index (Phi) is 5.36. The molecule has 0 spiro atoms. The monoisotopic (exact) mass is 438 g/mol. The summed E-state index contributed by atoms with van der Waals surface area (Å²) in [6, 6.07) is 12.9. The zero-order valence-electron chi connectivity index (χ0n) is 17.0. The lowest BCUT2D eigenvalue weighted by molar-refractivity contribution is 0.346. The molecule has 1 aliphatic rings. The van der Waals surface area contributed by atoms with Crippen LogP contribution in [-0.4, -0.2) is 31.5 Å². The molecule has 0 aliphatic carbocycles. The molecule has 2 aromatic carbocycles. The fourth-order valence-corrected chi connectivity index (χ4v) is 3.93. The minimum Gasteiger partial charge on any atom is -0.496 e. The number of nitriles is 1. The molecule has 31 heavy (non-hydrogen) atoms. The van der Waals surface area contributed by atoms with Crippen molar-refractivity contribution in [2.24, 2.45) is 5.73 Å². The number of nitrogens with zero attached hydrogens (tertiary/aromatic N) is 2. The van der Waals surface area contributed by atoms with Crippen molar-refractivity contribution < 1.29 is 18.9 Å². The van der Waals surface area contributed by atoms with Gasteiger partial charge in [-0.2, -0.15) is 5.26 Å². The Balaban J connectivity index is 2.03. The fourth-order valence-electron chi connectivity index (χ4n) is 3.70. The van der Waals surface area contributed by atoms with Gasteiger partial charge in [-0.25, -0.2) is 0 Å². The zero-order chi connectivity index (χ0) is 22.1. The normalized spacial score (nSPS) is 15.0. The van der Waals surface area contributed by atoms with Crippen LogP contribution in [0.2, 0.25) is 5.02 Å². The van der Waals surface area contributed by atoms with Gasteiger partial charge >= 0.3 is 0 Å². The van der Waals surface area contributed by atoms with Crippen molar-refractivity contribution >= 4 is 11.6 Å². The van der Waals surface area contributed by atoms with E-state index in [1.807, 2.05) is 18.2 Å². The van der Waals surface area contributed by atoms with E-state index in [1.54, 1.807) is 18.2 Å². The molecule has 3 aromatic rings. The van der Waals surface area contributed by atoms with Crippen LogP contribution in [-0.2, 0) is 0 Å². The molecule has 3 N–H and O–H groups in total. The first kappa shape index (κ1) is 20.4. The Labute approximate surface area is 183 Å². The molecule has 1 aromatic heterocycles. The third kappa shape index (κ3) is 3.29. The van der Waals surface area contributed by atoms with E-state index in [0.29, 0.717) is 44.7 Å². The Hall–Kier alpha value is -3.83. The predicted octanol–water partition coefficient (Wildman–Crippen LogP) is 3.97. The van der Waals surface area contributed by atoms with E-state index in [1.165, 1.54) is 21.3 Å². The van der Waals surface area contributed by atoms with Gasteiger partial charge in [-0.3, -0.25) is 5.10 Å². The van der Waals surface area contributed by atoms with Gasteiger partial charge < -0.3 is 24.7 Å². The highest BCUT2D eigenvalue weighted by atomic mass is 35.5. The first-order chi connectivity index (χ1) is 15.0. The number of hydrogen-bond donors (Lipinski definition) is 2. The Bertz CT molecular complexity index is 1230. The smallest absolute Gasteiger partial charge is 0.244 e. The Morgan fingerprint density at radius 2 is 1.77 bits per heavy atom. The van der Waals surface area contributed by atoms with E-state index < -0.39 is 5.92 Å². The molecule has 158 valence electrons. The third-order valence-electron chi connectivity index (χ3n) is 5.13. The number of aromatic nitrogens is 2. The summed E-state index contributed by atoms with van der Waals surface area (Å²) in [5.74, 6) is 1.03. The topological polar surface area (TPSA) is 115 Å². The van der Waals surface area contributed by atoms with Crippen LogP contribution in [0, 0.1) is 11.3 Å². The number of methoxy groups -OCH3 is 3. The van der Waals surface area contributed by atoms with E-state index in [-0.39, 0.29) is 17.3 Å². The van der Waals surface area contributed by atoms with Gasteiger partial charge in [-0.15, -0.1) is 5.10 Å². The van der Waals surface area contributed by atoms with E-state index in [0.717, 1.165) is 0 Å². The molecule has 9 heteroatoms. The number of nitrogens with two attached hydrogens (primary N) is 1. The van der Waals surface area contributed by atoms with Crippen molar-refractivity contribution in [2.45, 2.75) is 5.92 Å². The second-order valence-corrected chi connectivity index (χ2v) is 7.08. The van der Waals surface area contributed by atoms with Crippen molar-refractivity contribution in [1.82, 2.24) is 10.2 Å². The van der Waals surface area contributed by atoms with Crippen molar-refractivity contribution in [3.8, 4) is 40.5 Å². The molecule has 1 atom stereocenters. The number of nitrogens with one attached hydrogen (secondary N) is 1.